The summed E-state index contributed by atoms with van der Waals surface area (Å²) in [5, 5.41) is 14.1. The normalized spacial score (nSPS) is 10.3. The van der Waals surface area contributed by atoms with Crippen molar-refractivity contribution in [3.63, 3.8) is 0 Å². The Morgan fingerprint density at radius 3 is 2.40 bits per heavy atom. The molecule has 0 atom stereocenters. The lowest BCUT2D eigenvalue weighted by Gasteiger charge is -2.11. The molecule has 0 aromatic heterocycles. The summed E-state index contributed by atoms with van der Waals surface area (Å²) in [5.74, 6) is -0.267. The summed E-state index contributed by atoms with van der Waals surface area (Å²) in [5.41, 5.74) is 3.33. The molecular formula is C15H15FN2O2. The highest BCUT2D eigenvalue weighted by molar-refractivity contribution is 5.59. The van der Waals surface area contributed by atoms with Crippen molar-refractivity contribution in [1.82, 2.24) is 0 Å². The number of aryl methyl sites for hydroxylation is 2. The number of nitro benzene ring substituents is 1. The van der Waals surface area contributed by atoms with Crippen LogP contribution < -0.4 is 5.32 Å². The second-order valence-electron chi connectivity index (χ2n) is 4.69. The van der Waals surface area contributed by atoms with E-state index in [1.54, 1.807) is 31.2 Å². The first-order chi connectivity index (χ1) is 9.47. The van der Waals surface area contributed by atoms with Crippen molar-refractivity contribution in [3.8, 4) is 0 Å². The van der Waals surface area contributed by atoms with Crippen LogP contribution in [0.1, 0.15) is 16.7 Å². The fourth-order valence-electron chi connectivity index (χ4n) is 1.99. The molecule has 104 valence electrons. The Labute approximate surface area is 116 Å². The summed E-state index contributed by atoms with van der Waals surface area (Å²) < 4.78 is 12.8. The first-order valence-electron chi connectivity index (χ1n) is 6.21. The maximum absolute atomic E-state index is 12.8. The van der Waals surface area contributed by atoms with Gasteiger partial charge in [-0.05, 0) is 43.2 Å². The van der Waals surface area contributed by atoms with Crippen molar-refractivity contribution < 1.29 is 9.31 Å². The number of halogens is 1. The molecule has 0 unspecified atom stereocenters. The smallest absolute Gasteiger partial charge is 0.272 e. The summed E-state index contributed by atoms with van der Waals surface area (Å²) in [6, 6.07) is 9.54. The van der Waals surface area contributed by atoms with Crippen molar-refractivity contribution >= 4 is 11.4 Å². The molecule has 0 bridgehead atoms. The molecule has 0 spiro atoms. The summed E-state index contributed by atoms with van der Waals surface area (Å²) in [6.45, 7) is 4.07. The third-order valence-corrected chi connectivity index (χ3v) is 3.14. The number of nitrogens with zero attached hydrogens (tertiary/aromatic N) is 1. The van der Waals surface area contributed by atoms with Gasteiger partial charge < -0.3 is 5.32 Å². The van der Waals surface area contributed by atoms with E-state index < -0.39 is 0 Å². The minimum Gasteiger partial charge on any atom is -0.381 e. The molecule has 0 aliphatic heterocycles. The van der Waals surface area contributed by atoms with Gasteiger partial charge in [0.25, 0.3) is 5.69 Å². The average Bonchev–Trinajstić information content (AvgIpc) is 2.41. The Morgan fingerprint density at radius 2 is 1.80 bits per heavy atom. The molecule has 0 heterocycles. The van der Waals surface area contributed by atoms with Crippen LogP contribution in [0.15, 0.2) is 36.4 Å². The second kappa shape index (κ2) is 5.69. The first-order valence-corrected chi connectivity index (χ1v) is 6.21. The Bertz CT molecular complexity index is 639. The number of anilines is 1. The maximum Gasteiger partial charge on any atom is 0.272 e. The highest BCUT2D eigenvalue weighted by Crippen LogP contribution is 2.26. The quantitative estimate of drug-likeness (QED) is 0.678. The van der Waals surface area contributed by atoms with Crippen LogP contribution in [0, 0.1) is 29.8 Å². The molecular weight excluding hydrogens is 259 g/mol. The predicted octanol–water partition coefficient (Wildman–Crippen LogP) is 3.96. The minimum atomic E-state index is -0.383. The van der Waals surface area contributed by atoms with E-state index in [0.717, 1.165) is 16.8 Å². The van der Waals surface area contributed by atoms with Gasteiger partial charge in [-0.3, -0.25) is 10.1 Å². The van der Waals surface area contributed by atoms with E-state index >= 15 is 0 Å². The number of rotatable bonds is 4. The van der Waals surface area contributed by atoms with Crippen LogP contribution >= 0.6 is 0 Å². The van der Waals surface area contributed by atoms with Crippen LogP contribution in [0.3, 0.4) is 0 Å². The molecule has 2 aromatic carbocycles. The molecule has 0 saturated carbocycles. The predicted molar refractivity (Wildman–Crippen MR) is 76.3 cm³/mol. The zero-order chi connectivity index (χ0) is 14.7. The van der Waals surface area contributed by atoms with Crippen LogP contribution in [0.2, 0.25) is 0 Å². The van der Waals surface area contributed by atoms with Gasteiger partial charge in [-0.15, -0.1) is 0 Å². The van der Waals surface area contributed by atoms with Crippen molar-refractivity contribution in [2.45, 2.75) is 20.4 Å². The number of nitro groups is 1. The third kappa shape index (κ3) is 3.12. The molecule has 0 aliphatic carbocycles. The highest BCUT2D eigenvalue weighted by Gasteiger charge is 2.13. The number of hydrogen-bond donors (Lipinski definition) is 1. The van der Waals surface area contributed by atoms with Gasteiger partial charge in [-0.1, -0.05) is 12.1 Å². The van der Waals surface area contributed by atoms with E-state index in [-0.39, 0.29) is 16.4 Å². The van der Waals surface area contributed by atoms with Gasteiger partial charge in [-0.2, -0.15) is 0 Å². The standard InChI is InChI=1S/C15H15FN2O2/c1-10-8-15(18(19)20)11(2)7-14(10)17-9-12-3-5-13(16)6-4-12/h3-8,17H,9H2,1-2H3. The Hall–Kier alpha value is -2.43. The van der Waals surface area contributed by atoms with Gasteiger partial charge in [0.15, 0.2) is 0 Å². The molecule has 2 rings (SSSR count). The van der Waals surface area contributed by atoms with E-state index in [1.165, 1.54) is 12.1 Å². The lowest BCUT2D eigenvalue weighted by Crippen LogP contribution is -2.03. The van der Waals surface area contributed by atoms with Gasteiger partial charge in [0.2, 0.25) is 0 Å². The topological polar surface area (TPSA) is 55.2 Å². The number of hydrogen-bond acceptors (Lipinski definition) is 3. The SMILES string of the molecule is Cc1cc([N+](=O)[O-])c(C)cc1NCc1ccc(F)cc1. The summed E-state index contributed by atoms with van der Waals surface area (Å²) in [4.78, 5) is 10.5. The Morgan fingerprint density at radius 1 is 1.15 bits per heavy atom. The van der Waals surface area contributed by atoms with Gasteiger partial charge in [-0.25, -0.2) is 4.39 Å². The van der Waals surface area contributed by atoms with Gasteiger partial charge >= 0.3 is 0 Å². The highest BCUT2D eigenvalue weighted by atomic mass is 19.1. The van der Waals surface area contributed by atoms with Crippen LogP contribution in [0.25, 0.3) is 0 Å². The Balaban J connectivity index is 2.16. The number of benzene rings is 2. The first kappa shape index (κ1) is 14.0. The zero-order valence-electron chi connectivity index (χ0n) is 11.3. The van der Waals surface area contributed by atoms with Crippen LogP contribution in [-0.4, -0.2) is 4.92 Å². The van der Waals surface area contributed by atoms with Crippen LogP contribution in [0.4, 0.5) is 15.8 Å². The maximum atomic E-state index is 12.8. The second-order valence-corrected chi connectivity index (χ2v) is 4.69. The van der Waals surface area contributed by atoms with Crippen molar-refractivity contribution in [2.24, 2.45) is 0 Å². The number of nitrogens with one attached hydrogen (secondary N) is 1. The molecule has 4 nitrogen and oxygen atoms in total. The largest absolute Gasteiger partial charge is 0.381 e. The van der Waals surface area contributed by atoms with Crippen molar-refractivity contribution in [3.05, 3.63) is 69.0 Å². The molecule has 2 aromatic rings. The summed E-state index contributed by atoms with van der Waals surface area (Å²) >= 11 is 0. The molecule has 0 aliphatic rings. The molecule has 0 amide bonds. The molecule has 20 heavy (non-hydrogen) atoms. The minimum absolute atomic E-state index is 0.120. The Kier molecular flexibility index (Phi) is 3.98. The van der Waals surface area contributed by atoms with Gasteiger partial charge in [0.1, 0.15) is 5.82 Å². The monoisotopic (exact) mass is 274 g/mol. The summed E-state index contributed by atoms with van der Waals surface area (Å²) in [7, 11) is 0. The third-order valence-electron chi connectivity index (χ3n) is 3.14. The van der Waals surface area contributed by atoms with Crippen LogP contribution in [0.5, 0.6) is 0 Å². The van der Waals surface area contributed by atoms with Crippen LogP contribution in [-0.2, 0) is 6.54 Å². The molecule has 0 saturated heterocycles. The van der Waals surface area contributed by atoms with Crippen molar-refractivity contribution in [1.29, 1.82) is 0 Å². The lowest BCUT2D eigenvalue weighted by atomic mass is 10.1. The molecule has 0 radical (unpaired) electrons. The van der Waals surface area contributed by atoms with Gasteiger partial charge in [0.05, 0.1) is 4.92 Å². The van der Waals surface area contributed by atoms with E-state index in [1.807, 2.05) is 6.92 Å². The van der Waals surface area contributed by atoms with Gasteiger partial charge in [0, 0.05) is 23.9 Å². The fourth-order valence-corrected chi connectivity index (χ4v) is 1.99. The van der Waals surface area contributed by atoms with E-state index in [2.05, 4.69) is 5.32 Å². The van der Waals surface area contributed by atoms with Crippen molar-refractivity contribution in [2.75, 3.05) is 5.32 Å². The summed E-state index contributed by atoms with van der Waals surface area (Å²) in [6.07, 6.45) is 0. The zero-order valence-corrected chi connectivity index (χ0v) is 11.3. The lowest BCUT2D eigenvalue weighted by molar-refractivity contribution is -0.385. The fraction of sp³-hybridized carbons (Fsp3) is 0.200. The molecule has 1 N–H and O–H groups in total. The van der Waals surface area contributed by atoms with E-state index in [0.29, 0.717) is 12.1 Å². The van der Waals surface area contributed by atoms with E-state index in [4.69, 9.17) is 0 Å². The average molecular weight is 274 g/mol. The molecule has 5 heteroatoms. The van der Waals surface area contributed by atoms with E-state index in [9.17, 15) is 14.5 Å². The molecule has 0 fully saturated rings.